The number of H-pyrrole nitrogens is 1. The average Bonchev–Trinajstić information content (AvgIpc) is 2.37. The lowest BCUT2D eigenvalue weighted by molar-refractivity contribution is -0.0605. The van der Waals surface area contributed by atoms with E-state index in [1.165, 1.54) is 18.3 Å². The molecule has 6 heteroatoms. The Hall–Kier alpha value is -1.66. The van der Waals surface area contributed by atoms with Crippen molar-refractivity contribution in [2.24, 2.45) is 0 Å². The minimum Gasteiger partial charge on any atom is -0.388 e. The highest BCUT2D eigenvalue weighted by Crippen LogP contribution is 2.19. The zero-order valence-electron chi connectivity index (χ0n) is 9.94. The molecule has 2 rings (SSSR count). The summed E-state index contributed by atoms with van der Waals surface area (Å²) >= 11 is 0. The fourth-order valence-corrected chi connectivity index (χ4v) is 1.86. The number of aromatic amines is 1. The standard InChI is InChI=1S/C12H16N2O4/c15-10-7-9(1-4-13-10)11(16)14-8-12(17)2-5-18-6-3-12/h1,4,7,17H,2-3,5-6,8H2,(H,13,15)(H,14,16). The number of amides is 1. The monoisotopic (exact) mass is 252 g/mol. The lowest BCUT2D eigenvalue weighted by atomic mass is 9.94. The average molecular weight is 252 g/mol. The molecular weight excluding hydrogens is 236 g/mol. The van der Waals surface area contributed by atoms with Crippen LogP contribution in [0.15, 0.2) is 23.1 Å². The van der Waals surface area contributed by atoms with Crippen LogP contribution in [0.2, 0.25) is 0 Å². The topological polar surface area (TPSA) is 91.4 Å². The van der Waals surface area contributed by atoms with Crippen molar-refractivity contribution in [3.05, 3.63) is 34.2 Å². The molecule has 1 saturated heterocycles. The summed E-state index contributed by atoms with van der Waals surface area (Å²) in [6.45, 7) is 1.16. The summed E-state index contributed by atoms with van der Waals surface area (Å²) in [5.41, 5.74) is -0.948. The molecule has 6 nitrogen and oxygen atoms in total. The molecule has 0 radical (unpaired) electrons. The van der Waals surface area contributed by atoms with Crippen LogP contribution in [0, 0.1) is 0 Å². The quantitative estimate of drug-likeness (QED) is 0.685. The van der Waals surface area contributed by atoms with E-state index in [0.717, 1.165) is 0 Å². The highest BCUT2D eigenvalue weighted by molar-refractivity contribution is 5.93. The van der Waals surface area contributed by atoms with Crippen molar-refractivity contribution in [3.8, 4) is 0 Å². The van der Waals surface area contributed by atoms with E-state index in [-0.39, 0.29) is 23.6 Å². The Morgan fingerprint density at radius 1 is 1.50 bits per heavy atom. The van der Waals surface area contributed by atoms with Gasteiger partial charge in [-0.25, -0.2) is 0 Å². The molecule has 1 amide bonds. The molecule has 0 aliphatic carbocycles. The van der Waals surface area contributed by atoms with Gasteiger partial charge in [0.25, 0.3) is 5.91 Å². The second-order valence-electron chi connectivity index (χ2n) is 4.46. The molecule has 0 aromatic carbocycles. The maximum absolute atomic E-state index is 11.8. The molecule has 0 bridgehead atoms. The van der Waals surface area contributed by atoms with Crippen LogP contribution in [-0.4, -0.2) is 41.4 Å². The number of aromatic nitrogens is 1. The van der Waals surface area contributed by atoms with Crippen LogP contribution in [0.5, 0.6) is 0 Å². The summed E-state index contributed by atoms with van der Waals surface area (Å²) in [5.74, 6) is -0.360. The van der Waals surface area contributed by atoms with Gasteiger partial charge in [-0.05, 0) is 6.07 Å². The van der Waals surface area contributed by atoms with Crippen LogP contribution < -0.4 is 10.9 Å². The lowest BCUT2D eigenvalue weighted by Gasteiger charge is -2.32. The first kappa shape index (κ1) is 12.8. The van der Waals surface area contributed by atoms with Gasteiger partial charge in [0.2, 0.25) is 5.56 Å². The van der Waals surface area contributed by atoms with Crippen molar-refractivity contribution < 1.29 is 14.6 Å². The van der Waals surface area contributed by atoms with E-state index in [2.05, 4.69) is 10.3 Å². The van der Waals surface area contributed by atoms with Gasteiger partial charge >= 0.3 is 0 Å². The van der Waals surface area contributed by atoms with Gasteiger partial charge in [-0.15, -0.1) is 0 Å². The van der Waals surface area contributed by atoms with Crippen LogP contribution in [0.3, 0.4) is 0 Å². The number of carbonyl (C=O) groups excluding carboxylic acids is 1. The van der Waals surface area contributed by atoms with E-state index in [4.69, 9.17) is 4.74 Å². The van der Waals surface area contributed by atoms with Crippen molar-refractivity contribution in [2.45, 2.75) is 18.4 Å². The summed E-state index contributed by atoms with van der Waals surface area (Å²) in [6, 6.07) is 2.74. The normalized spacial score (nSPS) is 18.3. The van der Waals surface area contributed by atoms with Gasteiger partial charge in [-0.3, -0.25) is 9.59 Å². The zero-order valence-corrected chi connectivity index (χ0v) is 9.94. The summed E-state index contributed by atoms with van der Waals surface area (Å²) in [5, 5.41) is 12.8. The molecule has 1 fully saturated rings. The van der Waals surface area contributed by atoms with Gasteiger partial charge < -0.3 is 20.1 Å². The van der Waals surface area contributed by atoms with Crippen LogP contribution in [-0.2, 0) is 4.74 Å². The molecule has 2 heterocycles. The van der Waals surface area contributed by atoms with E-state index in [0.29, 0.717) is 26.1 Å². The van der Waals surface area contributed by atoms with E-state index in [1.54, 1.807) is 0 Å². The first-order chi connectivity index (χ1) is 8.59. The minimum atomic E-state index is -0.908. The van der Waals surface area contributed by atoms with Crippen LogP contribution >= 0.6 is 0 Å². The second kappa shape index (κ2) is 5.32. The van der Waals surface area contributed by atoms with Gasteiger partial charge in [0.05, 0.1) is 5.60 Å². The first-order valence-corrected chi connectivity index (χ1v) is 5.86. The van der Waals surface area contributed by atoms with Crippen LogP contribution in [0.4, 0.5) is 0 Å². The van der Waals surface area contributed by atoms with Crippen molar-refractivity contribution >= 4 is 5.91 Å². The Labute approximate surface area is 104 Å². The Kier molecular flexibility index (Phi) is 3.78. The fourth-order valence-electron chi connectivity index (χ4n) is 1.86. The number of rotatable bonds is 3. The van der Waals surface area contributed by atoms with Crippen molar-refractivity contribution in [1.82, 2.24) is 10.3 Å². The number of aliphatic hydroxyl groups is 1. The second-order valence-corrected chi connectivity index (χ2v) is 4.46. The maximum Gasteiger partial charge on any atom is 0.251 e. The first-order valence-electron chi connectivity index (χ1n) is 5.86. The van der Waals surface area contributed by atoms with E-state index in [9.17, 15) is 14.7 Å². The van der Waals surface area contributed by atoms with Crippen molar-refractivity contribution in [3.63, 3.8) is 0 Å². The predicted molar refractivity (Wildman–Crippen MR) is 64.4 cm³/mol. The van der Waals surface area contributed by atoms with Crippen molar-refractivity contribution in [2.75, 3.05) is 19.8 Å². The third kappa shape index (κ3) is 3.18. The molecule has 1 aromatic rings. The Bertz CT molecular complexity index is 477. The van der Waals surface area contributed by atoms with E-state index >= 15 is 0 Å². The molecule has 0 spiro atoms. The number of hydrogen-bond donors (Lipinski definition) is 3. The van der Waals surface area contributed by atoms with Crippen LogP contribution in [0.25, 0.3) is 0 Å². The highest BCUT2D eigenvalue weighted by Gasteiger charge is 2.30. The number of ether oxygens (including phenoxy) is 1. The van der Waals surface area contributed by atoms with Crippen molar-refractivity contribution in [1.29, 1.82) is 0 Å². The van der Waals surface area contributed by atoms with Crippen LogP contribution in [0.1, 0.15) is 23.2 Å². The van der Waals surface area contributed by atoms with Gasteiger partial charge in [0, 0.05) is 50.4 Å². The predicted octanol–water partition coefficient (Wildman–Crippen LogP) is -0.354. The van der Waals surface area contributed by atoms with E-state index < -0.39 is 5.60 Å². The third-order valence-electron chi connectivity index (χ3n) is 3.04. The number of nitrogens with one attached hydrogen (secondary N) is 2. The van der Waals surface area contributed by atoms with Gasteiger partial charge in [0.15, 0.2) is 0 Å². The molecule has 1 aliphatic rings. The smallest absolute Gasteiger partial charge is 0.251 e. The highest BCUT2D eigenvalue weighted by atomic mass is 16.5. The SMILES string of the molecule is O=C(NCC1(O)CCOCC1)c1cc[nH]c(=O)c1. The third-order valence-corrected chi connectivity index (χ3v) is 3.04. The number of hydrogen-bond acceptors (Lipinski definition) is 4. The molecule has 0 saturated carbocycles. The molecule has 98 valence electrons. The lowest BCUT2D eigenvalue weighted by Crippen LogP contribution is -2.46. The molecule has 0 atom stereocenters. The number of carbonyl (C=O) groups is 1. The Morgan fingerprint density at radius 3 is 2.89 bits per heavy atom. The Balaban J connectivity index is 1.94. The fraction of sp³-hybridized carbons (Fsp3) is 0.500. The molecule has 1 aromatic heterocycles. The van der Waals surface area contributed by atoms with E-state index in [1.807, 2.05) is 0 Å². The minimum absolute atomic E-state index is 0.169. The number of pyridine rings is 1. The van der Waals surface area contributed by atoms with Gasteiger partial charge in [-0.1, -0.05) is 0 Å². The summed E-state index contributed by atoms with van der Waals surface area (Å²) in [6.07, 6.45) is 2.42. The molecular formula is C12H16N2O4. The summed E-state index contributed by atoms with van der Waals surface area (Å²) in [4.78, 5) is 25.3. The van der Waals surface area contributed by atoms with Gasteiger partial charge in [0.1, 0.15) is 0 Å². The summed E-state index contributed by atoms with van der Waals surface area (Å²) < 4.78 is 5.15. The Morgan fingerprint density at radius 2 is 2.22 bits per heavy atom. The molecule has 0 unspecified atom stereocenters. The van der Waals surface area contributed by atoms with Gasteiger partial charge in [-0.2, -0.15) is 0 Å². The molecule has 3 N–H and O–H groups in total. The summed E-state index contributed by atoms with van der Waals surface area (Å²) in [7, 11) is 0. The zero-order chi connectivity index (χ0) is 13.0. The molecule has 18 heavy (non-hydrogen) atoms. The maximum atomic E-state index is 11.8. The molecule has 1 aliphatic heterocycles. The largest absolute Gasteiger partial charge is 0.388 e.